The van der Waals surface area contributed by atoms with E-state index in [-0.39, 0.29) is 5.84 Å². The maximum Gasteiger partial charge on any atom is 0.162 e. The van der Waals surface area contributed by atoms with Gasteiger partial charge in [0.2, 0.25) is 0 Å². The first kappa shape index (κ1) is 11.4. The highest BCUT2D eigenvalue weighted by molar-refractivity contribution is 5.99. The Kier molecular flexibility index (Phi) is 2.89. The van der Waals surface area contributed by atoms with Crippen LogP contribution in [0.2, 0.25) is 0 Å². The van der Waals surface area contributed by atoms with Gasteiger partial charge in [-0.1, -0.05) is 6.42 Å². The molecule has 0 spiro atoms. The van der Waals surface area contributed by atoms with Crippen LogP contribution in [-0.4, -0.2) is 28.6 Å². The largest absolute Gasteiger partial charge is 0.384 e. The number of aromatic nitrogens is 2. The molecule has 3 N–H and O–H groups in total. The molecule has 5 heteroatoms. The summed E-state index contributed by atoms with van der Waals surface area (Å²) in [6.07, 6.45) is 8.01. The van der Waals surface area contributed by atoms with E-state index in [1.165, 1.54) is 32.1 Å². The number of rotatable bonds is 2. The minimum Gasteiger partial charge on any atom is -0.384 e. The lowest BCUT2D eigenvalue weighted by Gasteiger charge is -2.39. The Balaban J connectivity index is 1.96. The highest BCUT2D eigenvalue weighted by atomic mass is 15.3. The van der Waals surface area contributed by atoms with Crippen molar-refractivity contribution in [3.63, 3.8) is 0 Å². The van der Waals surface area contributed by atoms with Crippen LogP contribution in [0.1, 0.15) is 37.7 Å². The molecular formula is C13H19N5. The maximum atomic E-state index is 7.67. The van der Waals surface area contributed by atoms with Gasteiger partial charge in [-0.25, -0.2) is 0 Å². The van der Waals surface area contributed by atoms with Crippen molar-refractivity contribution in [3.8, 4) is 0 Å². The monoisotopic (exact) mass is 245 g/mol. The molecule has 1 saturated heterocycles. The van der Waals surface area contributed by atoms with Crippen molar-refractivity contribution in [1.82, 2.24) is 10.2 Å². The van der Waals surface area contributed by atoms with E-state index in [1.54, 1.807) is 12.3 Å². The van der Waals surface area contributed by atoms with Gasteiger partial charge in [-0.2, -0.15) is 5.10 Å². The van der Waals surface area contributed by atoms with E-state index in [2.05, 4.69) is 15.1 Å². The standard InChI is InChI=1S/C13H19N5/c14-12(15)10-6-7-16-17-13(10)18-8-2-4-9-3-1-5-11(9)18/h6-7,9,11H,1-5,8H2,(H3,14,15). The average Bonchev–Trinajstić information content (AvgIpc) is 2.86. The Hall–Kier alpha value is -1.65. The van der Waals surface area contributed by atoms with E-state index in [0.29, 0.717) is 6.04 Å². The summed E-state index contributed by atoms with van der Waals surface area (Å²) in [4.78, 5) is 2.34. The van der Waals surface area contributed by atoms with Gasteiger partial charge in [-0.3, -0.25) is 5.41 Å². The maximum absolute atomic E-state index is 7.67. The molecule has 1 aromatic rings. The lowest BCUT2D eigenvalue weighted by atomic mass is 9.91. The minimum atomic E-state index is 0.0834. The third kappa shape index (κ3) is 1.83. The number of hydrogen-bond acceptors (Lipinski definition) is 4. The van der Waals surface area contributed by atoms with E-state index in [9.17, 15) is 0 Å². The first-order valence-corrected chi connectivity index (χ1v) is 6.70. The Bertz CT molecular complexity index is 458. The summed E-state index contributed by atoms with van der Waals surface area (Å²) >= 11 is 0. The molecule has 2 aliphatic rings. The molecule has 3 rings (SSSR count). The smallest absolute Gasteiger partial charge is 0.162 e. The first-order valence-electron chi connectivity index (χ1n) is 6.70. The molecule has 5 nitrogen and oxygen atoms in total. The molecule has 0 radical (unpaired) electrons. The fourth-order valence-corrected chi connectivity index (χ4v) is 3.46. The van der Waals surface area contributed by atoms with Crippen LogP contribution in [0.3, 0.4) is 0 Å². The fraction of sp³-hybridized carbons (Fsp3) is 0.615. The third-order valence-corrected chi connectivity index (χ3v) is 4.26. The van der Waals surface area contributed by atoms with Crippen molar-refractivity contribution in [2.45, 2.75) is 38.1 Å². The van der Waals surface area contributed by atoms with E-state index in [0.717, 1.165) is 23.8 Å². The lowest BCUT2D eigenvalue weighted by molar-refractivity contribution is 0.360. The molecule has 96 valence electrons. The van der Waals surface area contributed by atoms with Gasteiger partial charge in [0.1, 0.15) is 5.84 Å². The first-order chi connectivity index (χ1) is 8.77. The summed E-state index contributed by atoms with van der Waals surface area (Å²) in [7, 11) is 0. The molecule has 1 saturated carbocycles. The third-order valence-electron chi connectivity index (χ3n) is 4.26. The number of anilines is 1. The van der Waals surface area contributed by atoms with Crippen LogP contribution in [0.5, 0.6) is 0 Å². The second kappa shape index (κ2) is 4.55. The highest BCUT2D eigenvalue weighted by Crippen LogP contribution is 2.39. The molecule has 1 aliphatic heterocycles. The highest BCUT2D eigenvalue weighted by Gasteiger charge is 2.36. The summed E-state index contributed by atoms with van der Waals surface area (Å²) in [5.74, 6) is 1.68. The van der Waals surface area contributed by atoms with Gasteiger partial charge in [0, 0.05) is 12.6 Å². The lowest BCUT2D eigenvalue weighted by Crippen LogP contribution is -2.44. The predicted octanol–water partition coefficient (Wildman–Crippen LogP) is 1.53. The number of nitrogen functional groups attached to an aromatic ring is 1. The van der Waals surface area contributed by atoms with E-state index in [1.807, 2.05) is 0 Å². The van der Waals surface area contributed by atoms with Gasteiger partial charge in [0.25, 0.3) is 0 Å². The number of nitrogens with two attached hydrogens (primary N) is 1. The summed E-state index contributed by atoms with van der Waals surface area (Å²) in [6, 6.07) is 2.37. The van der Waals surface area contributed by atoms with Crippen LogP contribution >= 0.6 is 0 Å². The molecule has 2 unspecified atom stereocenters. The van der Waals surface area contributed by atoms with Crippen LogP contribution in [-0.2, 0) is 0 Å². The van der Waals surface area contributed by atoms with Crippen molar-refractivity contribution < 1.29 is 0 Å². The van der Waals surface area contributed by atoms with Crippen LogP contribution in [0.4, 0.5) is 5.82 Å². The Morgan fingerprint density at radius 2 is 2.17 bits per heavy atom. The quantitative estimate of drug-likeness (QED) is 0.611. The van der Waals surface area contributed by atoms with Gasteiger partial charge < -0.3 is 10.6 Å². The second-order valence-electron chi connectivity index (χ2n) is 5.28. The van der Waals surface area contributed by atoms with E-state index >= 15 is 0 Å². The number of hydrogen-bond donors (Lipinski definition) is 2. The molecule has 0 aromatic carbocycles. The molecule has 18 heavy (non-hydrogen) atoms. The Morgan fingerprint density at radius 3 is 3.00 bits per heavy atom. The molecule has 0 amide bonds. The molecule has 2 heterocycles. The number of amidine groups is 1. The fourth-order valence-electron chi connectivity index (χ4n) is 3.46. The molecule has 2 fully saturated rings. The number of fused-ring (bicyclic) bond motifs is 1. The molecule has 1 aliphatic carbocycles. The minimum absolute atomic E-state index is 0.0834. The van der Waals surface area contributed by atoms with Crippen molar-refractivity contribution >= 4 is 11.7 Å². The second-order valence-corrected chi connectivity index (χ2v) is 5.28. The molecule has 0 bridgehead atoms. The van der Waals surface area contributed by atoms with Crippen LogP contribution in [0, 0.1) is 11.3 Å². The summed E-state index contributed by atoms with van der Waals surface area (Å²) in [5, 5.41) is 15.9. The number of nitrogens with one attached hydrogen (secondary N) is 1. The van der Waals surface area contributed by atoms with Crippen molar-refractivity contribution in [1.29, 1.82) is 5.41 Å². The summed E-state index contributed by atoms with van der Waals surface area (Å²) < 4.78 is 0. The van der Waals surface area contributed by atoms with Gasteiger partial charge in [0.05, 0.1) is 11.8 Å². The molecule has 2 atom stereocenters. The zero-order valence-corrected chi connectivity index (χ0v) is 10.5. The van der Waals surface area contributed by atoms with E-state index < -0.39 is 0 Å². The SMILES string of the molecule is N=C(N)c1ccnnc1N1CCCC2CCCC21. The average molecular weight is 245 g/mol. The van der Waals surface area contributed by atoms with Gasteiger partial charge in [0.15, 0.2) is 5.82 Å². The van der Waals surface area contributed by atoms with Crippen LogP contribution in [0.15, 0.2) is 12.3 Å². The molecular weight excluding hydrogens is 226 g/mol. The topological polar surface area (TPSA) is 78.9 Å². The molecule has 1 aromatic heterocycles. The van der Waals surface area contributed by atoms with Gasteiger partial charge >= 0.3 is 0 Å². The zero-order chi connectivity index (χ0) is 12.5. The Morgan fingerprint density at radius 1 is 1.33 bits per heavy atom. The summed E-state index contributed by atoms with van der Waals surface area (Å²) in [5.41, 5.74) is 6.37. The zero-order valence-electron chi connectivity index (χ0n) is 10.5. The van der Waals surface area contributed by atoms with Crippen molar-refractivity contribution in [3.05, 3.63) is 17.8 Å². The van der Waals surface area contributed by atoms with Crippen molar-refractivity contribution in [2.75, 3.05) is 11.4 Å². The van der Waals surface area contributed by atoms with Gasteiger partial charge in [-0.15, -0.1) is 5.10 Å². The van der Waals surface area contributed by atoms with Gasteiger partial charge in [-0.05, 0) is 37.7 Å². The van der Waals surface area contributed by atoms with E-state index in [4.69, 9.17) is 11.1 Å². The predicted molar refractivity (Wildman–Crippen MR) is 70.8 cm³/mol. The van der Waals surface area contributed by atoms with Crippen molar-refractivity contribution in [2.24, 2.45) is 11.7 Å². The Labute approximate surface area is 107 Å². The number of nitrogens with zero attached hydrogens (tertiary/aromatic N) is 3. The number of piperidine rings is 1. The van der Waals surface area contributed by atoms with Crippen LogP contribution in [0.25, 0.3) is 0 Å². The normalized spacial score (nSPS) is 27.0. The van der Waals surface area contributed by atoms with Crippen LogP contribution < -0.4 is 10.6 Å². The summed E-state index contributed by atoms with van der Waals surface area (Å²) in [6.45, 7) is 1.01.